The zero-order valence-electron chi connectivity index (χ0n) is 29.9. The van der Waals surface area contributed by atoms with Crippen LogP contribution < -0.4 is 0 Å². The van der Waals surface area contributed by atoms with E-state index in [-0.39, 0.29) is 57.0 Å². The Morgan fingerprint density at radius 1 is 0.273 bits per heavy atom. The fourth-order valence-electron chi connectivity index (χ4n) is 0. The second kappa shape index (κ2) is 24.8. The number of carboxylic acids is 6. The van der Waals surface area contributed by atoms with Crippen LogP contribution in [0.3, 0.4) is 0 Å². The number of carboxylic acid groups (broad SMARTS) is 6. The van der Waals surface area contributed by atoms with Crippen molar-refractivity contribution >= 4 is 35.8 Å². The summed E-state index contributed by atoms with van der Waals surface area (Å²) >= 11 is 0. The predicted molar refractivity (Wildman–Crippen MR) is 163 cm³/mol. The minimum Gasteiger partial charge on any atom is -0.481 e. The number of carbonyl (C=O) groups is 6. The molecule has 267 valence electrons. The maximum atomic E-state index is 10.0. The molecule has 0 aromatic carbocycles. The Bertz CT molecular complexity index is 671. The Morgan fingerprint density at radius 2 is 0.295 bits per heavy atom. The van der Waals surface area contributed by atoms with Crippen LogP contribution in [0, 0.1) is 72.4 Å². The van der Waals surface area contributed by atoms with Crippen LogP contribution in [-0.4, -0.2) is 66.5 Å². The molecular weight excluding hydrogens is 765 g/mol. The van der Waals surface area contributed by atoms with Crippen molar-refractivity contribution in [1.29, 1.82) is 0 Å². The first-order valence-corrected chi connectivity index (χ1v) is 13.1. The molecule has 14 heteroatoms. The van der Waals surface area contributed by atoms with Gasteiger partial charge in [-0.3, -0.25) is 28.8 Å². The number of hydrogen-bond donors (Lipinski definition) is 6. The van der Waals surface area contributed by atoms with Crippen LogP contribution in [0.4, 0.5) is 0 Å². The van der Waals surface area contributed by atoms with E-state index >= 15 is 0 Å². The minimum atomic E-state index is -0.757. The third-order valence-electron chi connectivity index (χ3n) is 3.85. The first-order valence-electron chi connectivity index (χ1n) is 13.1. The fourth-order valence-corrected chi connectivity index (χ4v) is 0. The summed E-state index contributed by atoms with van der Waals surface area (Å²) in [6.07, 6.45) is 0. The molecule has 0 amide bonds. The zero-order valence-corrected chi connectivity index (χ0v) is 33.3. The molecule has 0 aromatic heterocycles. The van der Waals surface area contributed by atoms with Crippen LogP contribution in [0.5, 0.6) is 0 Å². The SMILES string of the molecule is CC(C)(C)C(=O)O.CC(C)(C)C(=O)O.CC(C)(C)C(=O)O.CC(C)(C)C(=O)O.CC(C)(C)C(=O)O.CC(C)(C)C(=O)O.[Gd].[Mn]. The van der Waals surface area contributed by atoms with Gasteiger partial charge in [-0.15, -0.1) is 0 Å². The van der Waals surface area contributed by atoms with E-state index < -0.39 is 68.3 Å². The molecule has 0 aliphatic carbocycles. The summed E-state index contributed by atoms with van der Waals surface area (Å²) in [6, 6.07) is 0. The summed E-state index contributed by atoms with van der Waals surface area (Å²) < 4.78 is 0. The third-order valence-corrected chi connectivity index (χ3v) is 3.85. The first kappa shape index (κ1) is 61.6. The molecule has 0 heterocycles. The molecule has 0 saturated heterocycles. The molecule has 0 aromatic rings. The van der Waals surface area contributed by atoms with E-state index in [9.17, 15) is 28.8 Å². The van der Waals surface area contributed by atoms with Crippen LogP contribution in [0.2, 0.25) is 0 Å². The van der Waals surface area contributed by atoms with Crippen molar-refractivity contribution in [2.24, 2.45) is 32.5 Å². The standard InChI is InChI=1S/6C5H10O2.Gd.Mn/c6*1-5(2,3)4(6)7;;/h6*1-3H3,(H,6,7);;. The molecule has 0 saturated carbocycles. The van der Waals surface area contributed by atoms with Gasteiger partial charge >= 0.3 is 35.8 Å². The molecule has 0 atom stereocenters. The molecule has 0 spiro atoms. The molecule has 0 aliphatic heterocycles. The van der Waals surface area contributed by atoms with E-state index in [4.69, 9.17) is 30.6 Å². The molecule has 0 fully saturated rings. The number of aliphatic carboxylic acids is 6. The van der Waals surface area contributed by atoms with E-state index in [0.717, 1.165) is 0 Å². The Kier molecular flexibility index (Phi) is 34.8. The normalized spacial score (nSPS) is 10.8. The first-order chi connectivity index (χ1) is 17.7. The van der Waals surface area contributed by atoms with Gasteiger partial charge in [-0.05, 0) is 125 Å². The van der Waals surface area contributed by atoms with Crippen molar-refractivity contribution in [3.8, 4) is 0 Å². The Hall–Kier alpha value is -1.34. The smallest absolute Gasteiger partial charge is 0.308 e. The quantitative estimate of drug-likeness (QED) is 0.140. The summed E-state index contributed by atoms with van der Waals surface area (Å²) in [6.45, 7) is 29.9. The average molecular weight is 825 g/mol. The van der Waals surface area contributed by atoms with Crippen molar-refractivity contribution in [2.75, 3.05) is 0 Å². The second-order valence-electron chi connectivity index (χ2n) is 15.3. The Morgan fingerprint density at radius 3 is 0.295 bits per heavy atom. The van der Waals surface area contributed by atoms with Gasteiger partial charge in [-0.1, -0.05) is 0 Å². The van der Waals surface area contributed by atoms with Gasteiger partial charge in [-0.2, -0.15) is 0 Å². The van der Waals surface area contributed by atoms with Crippen molar-refractivity contribution in [2.45, 2.75) is 125 Å². The van der Waals surface area contributed by atoms with Gasteiger partial charge in [0.2, 0.25) is 0 Å². The molecule has 0 aliphatic rings. The maximum absolute atomic E-state index is 10.0. The molecule has 0 bridgehead atoms. The van der Waals surface area contributed by atoms with Crippen LogP contribution >= 0.6 is 0 Å². The third kappa shape index (κ3) is 53.2. The Labute approximate surface area is 307 Å². The monoisotopic (exact) mass is 825 g/mol. The van der Waals surface area contributed by atoms with Crippen LogP contribution in [-0.2, 0) is 45.8 Å². The van der Waals surface area contributed by atoms with Crippen molar-refractivity contribution in [1.82, 2.24) is 0 Å². The van der Waals surface area contributed by atoms with Gasteiger partial charge in [0.05, 0.1) is 32.5 Å². The van der Waals surface area contributed by atoms with Crippen LogP contribution in [0.15, 0.2) is 0 Å². The molecule has 0 rings (SSSR count). The molecule has 0 unspecified atom stereocenters. The van der Waals surface area contributed by atoms with E-state index in [0.29, 0.717) is 0 Å². The second-order valence-corrected chi connectivity index (χ2v) is 15.3. The molecule has 44 heavy (non-hydrogen) atoms. The van der Waals surface area contributed by atoms with Crippen molar-refractivity contribution < 1.29 is 116 Å². The molecule has 1 radical (unpaired) electrons. The largest absolute Gasteiger partial charge is 0.481 e. The fraction of sp³-hybridized carbons (Fsp3) is 0.800. The maximum Gasteiger partial charge on any atom is 0.308 e. The Balaban J connectivity index is -0.0000000584. The van der Waals surface area contributed by atoms with Gasteiger partial charge in [0.25, 0.3) is 0 Å². The average Bonchev–Trinajstić information content (AvgIpc) is 2.65. The van der Waals surface area contributed by atoms with Crippen molar-refractivity contribution in [3.05, 3.63) is 0 Å². The van der Waals surface area contributed by atoms with Crippen molar-refractivity contribution in [3.63, 3.8) is 0 Å². The number of hydrogen-bond acceptors (Lipinski definition) is 6. The van der Waals surface area contributed by atoms with Gasteiger partial charge in [0, 0.05) is 57.0 Å². The number of rotatable bonds is 0. The van der Waals surface area contributed by atoms with Crippen LogP contribution in [0.25, 0.3) is 0 Å². The summed E-state index contributed by atoms with van der Waals surface area (Å²) in [5.41, 5.74) is -3.50. The zero-order chi connectivity index (χ0) is 36.5. The van der Waals surface area contributed by atoms with E-state index in [2.05, 4.69) is 0 Å². The van der Waals surface area contributed by atoms with E-state index in [1.165, 1.54) is 0 Å². The summed E-state index contributed by atoms with van der Waals surface area (Å²) in [5, 5.41) is 49.5. The summed E-state index contributed by atoms with van der Waals surface area (Å²) in [5.74, 6) is -4.54. The summed E-state index contributed by atoms with van der Waals surface area (Å²) in [4.78, 5) is 60.1. The topological polar surface area (TPSA) is 224 Å². The van der Waals surface area contributed by atoms with Crippen LogP contribution in [0.1, 0.15) is 125 Å². The molecule has 12 nitrogen and oxygen atoms in total. The molecular formula is C30H60GdMnO12. The predicted octanol–water partition coefficient (Wildman–Crippen LogP) is 6.70. The van der Waals surface area contributed by atoms with Gasteiger partial charge in [0.1, 0.15) is 0 Å². The van der Waals surface area contributed by atoms with Gasteiger partial charge < -0.3 is 30.6 Å². The van der Waals surface area contributed by atoms with Gasteiger partial charge in [-0.25, -0.2) is 0 Å². The van der Waals surface area contributed by atoms with E-state index in [1.54, 1.807) is 125 Å². The minimum absolute atomic E-state index is 0. The van der Waals surface area contributed by atoms with Gasteiger partial charge in [0.15, 0.2) is 0 Å². The molecule has 6 N–H and O–H groups in total. The van der Waals surface area contributed by atoms with E-state index in [1.807, 2.05) is 0 Å². The summed E-state index contributed by atoms with van der Waals surface area (Å²) in [7, 11) is 0.